The fourth-order valence-corrected chi connectivity index (χ4v) is 2.66. The summed E-state index contributed by atoms with van der Waals surface area (Å²) in [6.45, 7) is 2.07. The number of hydrogen-bond acceptors (Lipinski definition) is 3. The van der Waals surface area contributed by atoms with Crippen molar-refractivity contribution in [1.82, 2.24) is 0 Å². The summed E-state index contributed by atoms with van der Waals surface area (Å²) in [5.41, 5.74) is 2.08. The predicted molar refractivity (Wildman–Crippen MR) is 78.2 cm³/mol. The third-order valence-corrected chi connectivity index (χ3v) is 3.70. The van der Waals surface area contributed by atoms with Crippen molar-refractivity contribution in [3.8, 4) is 0 Å². The maximum atomic E-state index is 11.9. The third kappa shape index (κ3) is 2.32. The molecule has 0 spiro atoms. The van der Waals surface area contributed by atoms with Crippen molar-refractivity contribution in [2.75, 3.05) is 11.7 Å². The number of rotatable bonds is 3. The number of nitrogens with zero attached hydrogens (tertiary/aromatic N) is 1. The SMILES string of the molecule is CC(=O)C1CON(c2ccccc2)C1c1ccccc1. The summed E-state index contributed by atoms with van der Waals surface area (Å²) in [5, 5.41) is 1.86. The van der Waals surface area contributed by atoms with Gasteiger partial charge in [0.2, 0.25) is 0 Å². The van der Waals surface area contributed by atoms with Gasteiger partial charge < -0.3 is 0 Å². The second-order valence-electron chi connectivity index (χ2n) is 5.03. The van der Waals surface area contributed by atoms with E-state index >= 15 is 0 Å². The van der Waals surface area contributed by atoms with E-state index in [1.165, 1.54) is 0 Å². The van der Waals surface area contributed by atoms with Crippen LogP contribution in [0.3, 0.4) is 0 Å². The Morgan fingerprint density at radius 1 is 1.05 bits per heavy atom. The molecule has 1 aliphatic heterocycles. The van der Waals surface area contributed by atoms with Crippen LogP contribution < -0.4 is 5.06 Å². The monoisotopic (exact) mass is 267 g/mol. The highest BCUT2D eigenvalue weighted by Crippen LogP contribution is 2.38. The largest absolute Gasteiger partial charge is 0.300 e. The Bertz CT molecular complexity index is 582. The van der Waals surface area contributed by atoms with Gasteiger partial charge in [-0.15, -0.1) is 0 Å². The van der Waals surface area contributed by atoms with Crippen LogP contribution >= 0.6 is 0 Å². The van der Waals surface area contributed by atoms with E-state index in [9.17, 15) is 4.79 Å². The summed E-state index contributed by atoms with van der Waals surface area (Å²) in [6, 6.07) is 19.9. The van der Waals surface area contributed by atoms with Crippen molar-refractivity contribution in [2.24, 2.45) is 5.92 Å². The summed E-state index contributed by atoms with van der Waals surface area (Å²) < 4.78 is 0. The van der Waals surface area contributed by atoms with Crippen molar-refractivity contribution in [1.29, 1.82) is 0 Å². The lowest BCUT2D eigenvalue weighted by Crippen LogP contribution is -2.27. The van der Waals surface area contributed by atoms with Crippen molar-refractivity contribution in [2.45, 2.75) is 13.0 Å². The van der Waals surface area contributed by atoms with Gasteiger partial charge in [-0.1, -0.05) is 48.5 Å². The highest BCUT2D eigenvalue weighted by molar-refractivity contribution is 5.80. The number of carbonyl (C=O) groups is 1. The molecule has 0 aliphatic carbocycles. The molecule has 3 nitrogen and oxygen atoms in total. The molecule has 1 saturated heterocycles. The maximum Gasteiger partial charge on any atom is 0.137 e. The zero-order valence-electron chi connectivity index (χ0n) is 11.4. The van der Waals surface area contributed by atoms with E-state index in [1.54, 1.807) is 6.92 Å². The topological polar surface area (TPSA) is 29.5 Å². The Labute approximate surface area is 118 Å². The van der Waals surface area contributed by atoms with Crippen LogP contribution in [0.2, 0.25) is 0 Å². The quantitative estimate of drug-likeness (QED) is 0.853. The first kappa shape index (κ1) is 12.9. The number of hydrogen-bond donors (Lipinski definition) is 0. The number of carbonyl (C=O) groups excluding carboxylic acids is 1. The van der Waals surface area contributed by atoms with E-state index in [4.69, 9.17) is 4.84 Å². The number of para-hydroxylation sites is 1. The number of Topliss-reactive ketones (excluding diaryl/α,β-unsaturated/α-hetero) is 1. The molecule has 0 aromatic heterocycles. The van der Waals surface area contributed by atoms with Gasteiger partial charge >= 0.3 is 0 Å². The van der Waals surface area contributed by atoms with Gasteiger partial charge in [0, 0.05) is 0 Å². The first-order valence-electron chi connectivity index (χ1n) is 6.80. The predicted octanol–water partition coefficient (Wildman–Crippen LogP) is 3.38. The van der Waals surface area contributed by atoms with Crippen LogP contribution in [-0.2, 0) is 9.63 Å². The summed E-state index contributed by atoms with van der Waals surface area (Å²) in [7, 11) is 0. The van der Waals surface area contributed by atoms with Crippen LogP contribution in [0.25, 0.3) is 0 Å². The molecule has 0 radical (unpaired) electrons. The van der Waals surface area contributed by atoms with Gasteiger partial charge in [0.05, 0.1) is 24.3 Å². The highest BCUT2D eigenvalue weighted by atomic mass is 16.7. The molecule has 1 aliphatic rings. The number of anilines is 1. The lowest BCUT2D eigenvalue weighted by atomic mass is 9.91. The second kappa shape index (κ2) is 5.47. The summed E-state index contributed by atoms with van der Waals surface area (Å²) in [6.07, 6.45) is 0. The number of benzene rings is 2. The molecule has 2 unspecified atom stereocenters. The standard InChI is InChI=1S/C17H17NO2/c1-13(19)16-12-20-18(15-10-6-3-7-11-15)17(16)14-8-4-2-5-9-14/h2-11,16-17H,12H2,1H3. The number of ketones is 1. The molecule has 3 rings (SSSR count). The van der Waals surface area contributed by atoms with Gasteiger partial charge in [-0.2, -0.15) is 0 Å². The zero-order valence-corrected chi connectivity index (χ0v) is 11.4. The Morgan fingerprint density at radius 3 is 2.25 bits per heavy atom. The van der Waals surface area contributed by atoms with Gasteiger partial charge in [0.1, 0.15) is 5.78 Å². The maximum absolute atomic E-state index is 11.9. The molecule has 0 amide bonds. The first-order chi connectivity index (χ1) is 9.77. The Morgan fingerprint density at radius 2 is 1.65 bits per heavy atom. The lowest BCUT2D eigenvalue weighted by Gasteiger charge is -2.26. The minimum Gasteiger partial charge on any atom is -0.300 e. The van der Waals surface area contributed by atoms with Crippen LogP contribution in [0.15, 0.2) is 60.7 Å². The third-order valence-electron chi connectivity index (χ3n) is 3.70. The molecular weight excluding hydrogens is 250 g/mol. The molecule has 2 aromatic carbocycles. The minimum atomic E-state index is -0.127. The molecule has 0 saturated carbocycles. The van der Waals surface area contributed by atoms with Crippen molar-refractivity contribution in [3.63, 3.8) is 0 Å². The summed E-state index contributed by atoms with van der Waals surface area (Å²) >= 11 is 0. The van der Waals surface area contributed by atoms with Crippen molar-refractivity contribution < 1.29 is 9.63 Å². The smallest absolute Gasteiger partial charge is 0.137 e. The van der Waals surface area contributed by atoms with Crippen LogP contribution in [0, 0.1) is 5.92 Å². The van der Waals surface area contributed by atoms with Gasteiger partial charge in [-0.3, -0.25) is 9.63 Å². The number of hydroxylamine groups is 1. The molecular formula is C17H17NO2. The molecule has 20 heavy (non-hydrogen) atoms. The molecule has 0 N–H and O–H groups in total. The van der Waals surface area contributed by atoms with Crippen LogP contribution in [-0.4, -0.2) is 12.4 Å². The minimum absolute atomic E-state index is 0.0592. The Hall–Kier alpha value is -2.13. The van der Waals surface area contributed by atoms with Gasteiger partial charge in [0.25, 0.3) is 0 Å². The molecule has 1 heterocycles. The van der Waals surface area contributed by atoms with Crippen LogP contribution in [0.4, 0.5) is 5.69 Å². The van der Waals surface area contributed by atoms with E-state index < -0.39 is 0 Å². The molecule has 2 atom stereocenters. The van der Waals surface area contributed by atoms with E-state index in [1.807, 2.05) is 65.7 Å². The van der Waals surface area contributed by atoms with Gasteiger partial charge in [-0.05, 0) is 24.6 Å². The summed E-state index contributed by atoms with van der Waals surface area (Å²) in [4.78, 5) is 17.7. The fourth-order valence-electron chi connectivity index (χ4n) is 2.66. The van der Waals surface area contributed by atoms with Crippen molar-refractivity contribution in [3.05, 3.63) is 66.2 Å². The van der Waals surface area contributed by atoms with Crippen molar-refractivity contribution >= 4 is 11.5 Å². The Kier molecular flexibility index (Phi) is 3.52. The van der Waals surface area contributed by atoms with E-state index in [-0.39, 0.29) is 17.7 Å². The summed E-state index contributed by atoms with van der Waals surface area (Å²) in [5.74, 6) is 0.0369. The highest BCUT2D eigenvalue weighted by Gasteiger charge is 2.39. The van der Waals surface area contributed by atoms with E-state index in [0.29, 0.717) is 6.61 Å². The van der Waals surface area contributed by atoms with Gasteiger partial charge in [-0.25, -0.2) is 5.06 Å². The van der Waals surface area contributed by atoms with E-state index in [0.717, 1.165) is 11.3 Å². The second-order valence-corrected chi connectivity index (χ2v) is 5.03. The van der Waals surface area contributed by atoms with Crippen LogP contribution in [0.5, 0.6) is 0 Å². The first-order valence-corrected chi connectivity index (χ1v) is 6.80. The normalized spacial score (nSPS) is 21.9. The average molecular weight is 267 g/mol. The van der Waals surface area contributed by atoms with E-state index in [2.05, 4.69) is 0 Å². The average Bonchev–Trinajstić information content (AvgIpc) is 2.94. The molecule has 2 aromatic rings. The molecule has 3 heteroatoms. The van der Waals surface area contributed by atoms with Gasteiger partial charge in [0.15, 0.2) is 0 Å². The zero-order chi connectivity index (χ0) is 13.9. The molecule has 0 bridgehead atoms. The molecule has 102 valence electrons. The lowest BCUT2D eigenvalue weighted by molar-refractivity contribution is -0.121. The Balaban J connectivity index is 2.00. The molecule has 1 fully saturated rings. The van der Waals surface area contributed by atoms with Crippen LogP contribution in [0.1, 0.15) is 18.5 Å². The fraction of sp³-hybridized carbons (Fsp3) is 0.235.